The number of hydrogen-bond acceptors (Lipinski definition) is 4. The van der Waals surface area contributed by atoms with Crippen molar-refractivity contribution < 1.29 is 9.21 Å². The molecule has 0 aliphatic carbocycles. The molecule has 0 spiro atoms. The molecule has 2 heterocycles. The maximum Gasteiger partial charge on any atom is 0.287 e. The van der Waals surface area contributed by atoms with Crippen molar-refractivity contribution in [2.75, 3.05) is 32.4 Å². The predicted molar refractivity (Wildman–Crippen MR) is 99.9 cm³/mol. The highest BCUT2D eigenvalue weighted by Crippen LogP contribution is 2.36. The van der Waals surface area contributed by atoms with Crippen LogP contribution < -0.4 is 16.0 Å². The Kier molecular flexibility index (Phi) is 7.02. The Hall–Kier alpha value is -1.63. The van der Waals surface area contributed by atoms with Crippen molar-refractivity contribution >= 4 is 23.6 Å². The smallest absolute Gasteiger partial charge is 0.287 e. The summed E-state index contributed by atoms with van der Waals surface area (Å²) in [6.07, 6.45) is 4.90. The van der Waals surface area contributed by atoms with Gasteiger partial charge in [0.1, 0.15) is 0 Å². The highest BCUT2D eigenvalue weighted by Gasteiger charge is 2.29. The molecule has 1 amide bonds. The van der Waals surface area contributed by atoms with E-state index in [1.165, 1.54) is 24.9 Å². The average molecular weight is 353 g/mol. The maximum atomic E-state index is 11.9. The number of amides is 1. The Morgan fingerprint density at radius 3 is 2.79 bits per heavy atom. The fraction of sp³-hybridized carbons (Fsp3) is 0.647. The number of carbonyl (C=O) groups excluding carboxylic acids is 1. The van der Waals surface area contributed by atoms with Gasteiger partial charge in [0.2, 0.25) is 0 Å². The summed E-state index contributed by atoms with van der Waals surface area (Å²) < 4.78 is 5.48. The van der Waals surface area contributed by atoms with Crippen LogP contribution in [-0.2, 0) is 0 Å². The molecule has 1 aromatic heterocycles. The summed E-state index contributed by atoms with van der Waals surface area (Å²) in [7, 11) is 1.78. The first kappa shape index (κ1) is 18.7. The van der Waals surface area contributed by atoms with Crippen molar-refractivity contribution in [3.8, 4) is 0 Å². The first-order chi connectivity index (χ1) is 11.5. The van der Waals surface area contributed by atoms with E-state index < -0.39 is 0 Å². The first-order valence-corrected chi connectivity index (χ1v) is 9.43. The van der Waals surface area contributed by atoms with E-state index in [4.69, 9.17) is 4.42 Å². The quantitative estimate of drug-likeness (QED) is 0.398. The third-order valence-electron chi connectivity index (χ3n) is 4.15. The van der Waals surface area contributed by atoms with Gasteiger partial charge in [-0.05, 0) is 44.9 Å². The van der Waals surface area contributed by atoms with Gasteiger partial charge in [-0.2, -0.15) is 11.8 Å². The largest absolute Gasteiger partial charge is 0.459 e. The fourth-order valence-electron chi connectivity index (χ4n) is 2.65. The van der Waals surface area contributed by atoms with E-state index in [1.807, 2.05) is 18.7 Å². The molecule has 0 radical (unpaired) electrons. The van der Waals surface area contributed by atoms with Crippen molar-refractivity contribution in [2.45, 2.75) is 37.9 Å². The molecule has 0 aromatic carbocycles. The van der Waals surface area contributed by atoms with Crippen LogP contribution in [0, 0.1) is 6.92 Å². The van der Waals surface area contributed by atoms with Gasteiger partial charge >= 0.3 is 0 Å². The Labute approximate surface area is 148 Å². The molecule has 1 saturated heterocycles. The second kappa shape index (κ2) is 9.01. The summed E-state index contributed by atoms with van der Waals surface area (Å²) in [5, 5.41) is 9.55. The number of nitrogens with zero attached hydrogens (tertiary/aromatic N) is 1. The first-order valence-electron chi connectivity index (χ1n) is 8.45. The van der Waals surface area contributed by atoms with E-state index in [9.17, 15) is 4.79 Å². The molecule has 1 fully saturated rings. The van der Waals surface area contributed by atoms with Gasteiger partial charge in [0.15, 0.2) is 11.7 Å². The van der Waals surface area contributed by atoms with Gasteiger partial charge in [0.05, 0.1) is 6.26 Å². The minimum atomic E-state index is -0.161. The van der Waals surface area contributed by atoms with Crippen LogP contribution in [0.4, 0.5) is 0 Å². The molecule has 3 N–H and O–H groups in total. The summed E-state index contributed by atoms with van der Waals surface area (Å²) in [6.45, 7) is 6.43. The van der Waals surface area contributed by atoms with Crippen molar-refractivity contribution in [2.24, 2.45) is 4.99 Å². The lowest BCUT2D eigenvalue weighted by Crippen LogP contribution is -2.44. The van der Waals surface area contributed by atoms with Crippen molar-refractivity contribution in [1.29, 1.82) is 0 Å². The lowest BCUT2D eigenvalue weighted by Gasteiger charge is -2.24. The van der Waals surface area contributed by atoms with Crippen LogP contribution in [0.5, 0.6) is 0 Å². The molecule has 6 nitrogen and oxygen atoms in total. The summed E-state index contributed by atoms with van der Waals surface area (Å²) in [6, 6.07) is 1.79. The molecule has 1 atom stereocenters. The van der Waals surface area contributed by atoms with Crippen LogP contribution in [0.15, 0.2) is 21.7 Å². The molecule has 134 valence electrons. The summed E-state index contributed by atoms with van der Waals surface area (Å²) in [4.78, 5) is 16.1. The fourth-order valence-corrected chi connectivity index (χ4v) is 3.89. The molecule has 2 rings (SSSR count). The predicted octanol–water partition coefficient (Wildman–Crippen LogP) is 2.16. The number of aryl methyl sites for hydroxylation is 1. The zero-order valence-corrected chi connectivity index (χ0v) is 15.6. The Morgan fingerprint density at radius 2 is 2.17 bits per heavy atom. The minimum absolute atomic E-state index is 0.161. The average Bonchev–Trinajstić information content (AvgIpc) is 3.19. The van der Waals surface area contributed by atoms with Gasteiger partial charge < -0.3 is 20.4 Å². The topological polar surface area (TPSA) is 78.7 Å². The Bertz CT molecular complexity index is 565. The molecule has 0 bridgehead atoms. The lowest BCUT2D eigenvalue weighted by molar-refractivity contribution is 0.0925. The number of nitrogens with one attached hydrogen (secondary N) is 3. The number of carbonyl (C=O) groups is 1. The summed E-state index contributed by atoms with van der Waals surface area (Å²) >= 11 is 2.03. The van der Waals surface area contributed by atoms with E-state index >= 15 is 0 Å². The van der Waals surface area contributed by atoms with E-state index in [0.29, 0.717) is 17.1 Å². The summed E-state index contributed by atoms with van der Waals surface area (Å²) in [5.41, 5.74) is 0.855. The highest BCUT2D eigenvalue weighted by atomic mass is 32.2. The molecule has 7 heteroatoms. The number of hydrogen-bond donors (Lipinski definition) is 3. The van der Waals surface area contributed by atoms with Crippen molar-refractivity contribution in [3.05, 3.63) is 23.7 Å². The van der Waals surface area contributed by atoms with E-state index in [1.54, 1.807) is 13.1 Å². The second-order valence-electron chi connectivity index (χ2n) is 6.30. The molecular weight excluding hydrogens is 324 g/mol. The SMILES string of the molecule is CN=C(NCCCNC(=O)c1occc1C)NCC1(C)CCCS1. The second-order valence-corrected chi connectivity index (χ2v) is 7.98. The van der Waals surface area contributed by atoms with Gasteiger partial charge in [0.25, 0.3) is 5.91 Å². The summed E-state index contributed by atoms with van der Waals surface area (Å²) in [5.74, 6) is 2.30. The van der Waals surface area contributed by atoms with Crippen LogP contribution in [-0.4, -0.2) is 49.0 Å². The normalized spacial score (nSPS) is 20.9. The van der Waals surface area contributed by atoms with Crippen LogP contribution in [0.2, 0.25) is 0 Å². The van der Waals surface area contributed by atoms with Crippen molar-refractivity contribution in [1.82, 2.24) is 16.0 Å². The van der Waals surface area contributed by atoms with Crippen molar-refractivity contribution in [3.63, 3.8) is 0 Å². The third kappa shape index (κ3) is 5.47. The molecule has 1 aromatic rings. The number of furan rings is 1. The van der Waals surface area contributed by atoms with E-state index in [2.05, 4.69) is 27.9 Å². The molecule has 24 heavy (non-hydrogen) atoms. The van der Waals surface area contributed by atoms with E-state index in [0.717, 1.165) is 31.0 Å². The molecule has 1 unspecified atom stereocenters. The van der Waals surface area contributed by atoms with Crippen LogP contribution >= 0.6 is 11.8 Å². The number of guanidine groups is 1. The molecular formula is C17H28N4O2S. The van der Waals surface area contributed by atoms with Crippen LogP contribution in [0.3, 0.4) is 0 Å². The number of rotatable bonds is 7. The van der Waals surface area contributed by atoms with Crippen LogP contribution in [0.1, 0.15) is 42.3 Å². The maximum absolute atomic E-state index is 11.9. The molecule has 0 saturated carbocycles. The van der Waals surface area contributed by atoms with Gasteiger partial charge in [-0.25, -0.2) is 0 Å². The standard InChI is InChI=1S/C17H28N4O2S/c1-13-6-10-23-14(13)15(22)19-8-5-9-20-16(18-3)21-12-17(2)7-4-11-24-17/h6,10H,4-5,7-9,11-12H2,1-3H3,(H,19,22)(H2,18,20,21). The highest BCUT2D eigenvalue weighted by molar-refractivity contribution is 8.00. The zero-order chi connectivity index (χ0) is 17.4. The van der Waals surface area contributed by atoms with Gasteiger partial charge in [-0.3, -0.25) is 9.79 Å². The van der Waals surface area contributed by atoms with Gasteiger partial charge in [-0.15, -0.1) is 0 Å². The monoisotopic (exact) mass is 352 g/mol. The molecule has 1 aliphatic rings. The van der Waals surface area contributed by atoms with Gasteiger partial charge in [-0.1, -0.05) is 0 Å². The number of thioether (sulfide) groups is 1. The molecule has 1 aliphatic heterocycles. The number of aliphatic imine (C=N–C) groups is 1. The van der Waals surface area contributed by atoms with E-state index in [-0.39, 0.29) is 5.91 Å². The van der Waals surface area contributed by atoms with Gasteiger partial charge in [0, 0.05) is 37.0 Å². The van der Waals surface area contributed by atoms with Crippen LogP contribution in [0.25, 0.3) is 0 Å². The Morgan fingerprint density at radius 1 is 1.38 bits per heavy atom. The zero-order valence-electron chi connectivity index (χ0n) is 14.8. The minimum Gasteiger partial charge on any atom is -0.459 e. The Balaban J connectivity index is 1.60. The lowest BCUT2D eigenvalue weighted by atomic mass is 10.1. The third-order valence-corrected chi connectivity index (χ3v) is 5.69.